The second kappa shape index (κ2) is 7.53. The van der Waals surface area contributed by atoms with Gasteiger partial charge in [0.05, 0.1) is 11.3 Å². The molecule has 1 amide bonds. The van der Waals surface area contributed by atoms with Crippen molar-refractivity contribution in [3.8, 4) is 5.75 Å². The van der Waals surface area contributed by atoms with E-state index >= 15 is 0 Å². The summed E-state index contributed by atoms with van der Waals surface area (Å²) in [6.45, 7) is 0. The average Bonchev–Trinajstić information content (AvgIpc) is 2.67. The summed E-state index contributed by atoms with van der Waals surface area (Å²) in [4.78, 5) is 37.4. The number of benzene rings is 1. The maximum Gasteiger partial charge on any atom is 0.255 e. The molecule has 33 heavy (non-hydrogen) atoms. The lowest BCUT2D eigenvalue weighted by Crippen LogP contribution is -2.58. The van der Waals surface area contributed by atoms with Gasteiger partial charge in [0.2, 0.25) is 5.78 Å². The predicted molar refractivity (Wildman–Crippen MR) is 123 cm³/mol. The second-order valence-electron chi connectivity index (χ2n) is 8.70. The lowest BCUT2D eigenvalue weighted by Gasteiger charge is -2.46. The SMILES string of the molecule is CS(=O)(=O)Cc1cc(I)c2c(c1O)C(O)=C1C(=O)C3(O)C(O)=C(C(N)=O)C(=O)CC3CC1C2. The number of aliphatic hydroxyl groups excluding tert-OH is 2. The van der Waals surface area contributed by atoms with Gasteiger partial charge in [-0.2, -0.15) is 0 Å². The molecule has 0 bridgehead atoms. The van der Waals surface area contributed by atoms with E-state index in [1.54, 1.807) is 0 Å². The van der Waals surface area contributed by atoms with Crippen LogP contribution in [0.4, 0.5) is 0 Å². The highest BCUT2D eigenvalue weighted by Gasteiger charge is 2.60. The number of nitrogens with two attached hydrogens (primary N) is 1. The van der Waals surface area contributed by atoms with E-state index < -0.39 is 79.8 Å². The van der Waals surface area contributed by atoms with Crippen molar-refractivity contribution in [2.45, 2.75) is 30.6 Å². The number of Topliss-reactive ketones (excluding diaryl/α,β-unsaturated/α-hetero) is 2. The number of carbonyl (C=O) groups excluding carboxylic acids is 3. The van der Waals surface area contributed by atoms with Gasteiger partial charge in [-0.05, 0) is 53.0 Å². The highest BCUT2D eigenvalue weighted by atomic mass is 127. The Hall–Kier alpha value is -2.45. The molecule has 1 saturated carbocycles. The van der Waals surface area contributed by atoms with Gasteiger partial charge >= 0.3 is 0 Å². The third-order valence-corrected chi connectivity index (χ3v) is 8.30. The summed E-state index contributed by atoms with van der Waals surface area (Å²) in [7, 11) is -3.53. The molecule has 1 aromatic carbocycles. The fraction of sp³-hybridized carbons (Fsp3) is 0.381. The number of carbonyl (C=O) groups is 3. The molecule has 1 fully saturated rings. The molecular formula is C21H20INO9S. The van der Waals surface area contributed by atoms with Gasteiger partial charge in [0.1, 0.15) is 22.8 Å². The quantitative estimate of drug-likeness (QED) is 0.248. The number of primary amides is 1. The molecule has 0 aromatic heterocycles. The van der Waals surface area contributed by atoms with Crippen LogP contribution in [0.2, 0.25) is 0 Å². The fourth-order valence-corrected chi connectivity index (χ4v) is 6.74. The normalized spacial score (nSPS) is 27.2. The Kier molecular flexibility index (Phi) is 5.41. The number of hydrogen-bond acceptors (Lipinski definition) is 9. The zero-order chi connectivity index (χ0) is 24.6. The molecule has 10 nitrogen and oxygen atoms in total. The standard InChI is InChI=1S/C21H20INO9S/c1-33(31,32)6-8-4-11(22)10-3-7-2-9-5-12(24)15(20(23)29)19(28)21(9,30)18(27)13(7)17(26)14(10)16(8)25/h4,7,9,25-26,28,30H,2-3,5-6H2,1H3,(H2,23,29). The Morgan fingerprint density at radius 1 is 1.24 bits per heavy atom. The number of sulfone groups is 1. The summed E-state index contributed by atoms with van der Waals surface area (Å²) in [6, 6.07) is 1.49. The number of ketones is 2. The van der Waals surface area contributed by atoms with Gasteiger partial charge in [0.25, 0.3) is 5.91 Å². The van der Waals surface area contributed by atoms with Crippen LogP contribution in [-0.2, 0) is 36.4 Å². The first-order valence-corrected chi connectivity index (χ1v) is 13.0. The minimum atomic E-state index is -3.53. The fourth-order valence-electron chi connectivity index (χ4n) is 5.09. The second-order valence-corrected chi connectivity index (χ2v) is 12.0. The van der Waals surface area contributed by atoms with Gasteiger partial charge in [0, 0.05) is 33.3 Å². The molecule has 6 N–H and O–H groups in total. The Bertz CT molecular complexity index is 1330. The zero-order valence-corrected chi connectivity index (χ0v) is 20.2. The molecule has 0 radical (unpaired) electrons. The summed E-state index contributed by atoms with van der Waals surface area (Å²) in [6.07, 6.45) is 0.797. The van der Waals surface area contributed by atoms with E-state index in [1.165, 1.54) is 6.07 Å². The highest BCUT2D eigenvalue weighted by molar-refractivity contribution is 14.1. The largest absolute Gasteiger partial charge is 0.508 e. The Morgan fingerprint density at radius 2 is 1.88 bits per heavy atom. The highest BCUT2D eigenvalue weighted by Crippen LogP contribution is 2.52. The van der Waals surface area contributed by atoms with Crippen molar-refractivity contribution < 1.29 is 43.2 Å². The van der Waals surface area contributed by atoms with Crippen molar-refractivity contribution in [2.24, 2.45) is 17.6 Å². The first-order valence-electron chi connectivity index (χ1n) is 9.86. The number of hydrogen-bond donors (Lipinski definition) is 5. The maximum atomic E-state index is 13.4. The van der Waals surface area contributed by atoms with Crippen molar-refractivity contribution in [3.63, 3.8) is 0 Å². The zero-order valence-electron chi connectivity index (χ0n) is 17.3. The molecule has 3 aliphatic carbocycles. The van der Waals surface area contributed by atoms with E-state index in [9.17, 15) is 43.2 Å². The number of amides is 1. The van der Waals surface area contributed by atoms with Crippen LogP contribution in [0.3, 0.4) is 0 Å². The van der Waals surface area contributed by atoms with E-state index in [0.29, 0.717) is 9.13 Å². The molecule has 0 spiro atoms. The molecule has 0 heterocycles. The van der Waals surface area contributed by atoms with Crippen LogP contribution in [0.15, 0.2) is 23.0 Å². The molecule has 4 rings (SSSR count). The number of rotatable bonds is 3. The average molecular weight is 589 g/mol. The van der Waals surface area contributed by atoms with Crippen molar-refractivity contribution in [1.29, 1.82) is 0 Å². The summed E-state index contributed by atoms with van der Waals surface area (Å²) >= 11 is 1.95. The maximum absolute atomic E-state index is 13.4. The predicted octanol–water partition coefficient (Wildman–Crippen LogP) is 0.573. The van der Waals surface area contributed by atoms with Crippen LogP contribution in [0.25, 0.3) is 5.76 Å². The van der Waals surface area contributed by atoms with Gasteiger partial charge in [-0.3, -0.25) is 14.4 Å². The van der Waals surface area contributed by atoms with E-state index in [0.717, 1.165) is 6.26 Å². The van der Waals surface area contributed by atoms with Gasteiger partial charge in [-0.1, -0.05) is 0 Å². The molecule has 0 saturated heterocycles. The molecule has 3 aliphatic rings. The van der Waals surface area contributed by atoms with Crippen molar-refractivity contribution in [3.05, 3.63) is 43.2 Å². The summed E-state index contributed by atoms with van der Waals surface area (Å²) in [5.74, 6) is -7.64. The Labute approximate surface area is 201 Å². The number of fused-ring (bicyclic) bond motifs is 3. The van der Waals surface area contributed by atoms with Gasteiger partial charge in [-0.15, -0.1) is 0 Å². The minimum Gasteiger partial charge on any atom is -0.508 e. The number of phenolic OH excluding ortho intramolecular Hbond substituents is 1. The first kappa shape index (κ1) is 23.7. The third kappa shape index (κ3) is 3.46. The monoisotopic (exact) mass is 589 g/mol. The van der Waals surface area contributed by atoms with Crippen molar-refractivity contribution in [1.82, 2.24) is 0 Å². The van der Waals surface area contributed by atoms with Crippen molar-refractivity contribution >= 4 is 55.7 Å². The van der Waals surface area contributed by atoms with Crippen LogP contribution >= 0.6 is 22.6 Å². The summed E-state index contributed by atoms with van der Waals surface area (Å²) < 4.78 is 24.1. The smallest absolute Gasteiger partial charge is 0.255 e. The number of halogens is 1. The molecule has 3 unspecified atom stereocenters. The van der Waals surface area contributed by atoms with Gasteiger partial charge in [-0.25, -0.2) is 8.42 Å². The lowest BCUT2D eigenvalue weighted by atomic mass is 9.59. The minimum absolute atomic E-state index is 0.0326. The van der Waals surface area contributed by atoms with Gasteiger partial charge < -0.3 is 26.2 Å². The first-order chi connectivity index (χ1) is 15.2. The van der Waals surface area contributed by atoms with E-state index in [-0.39, 0.29) is 29.5 Å². The summed E-state index contributed by atoms with van der Waals surface area (Å²) in [5, 5.41) is 43.6. The van der Waals surface area contributed by atoms with Crippen LogP contribution in [0.1, 0.15) is 29.5 Å². The Balaban J connectivity index is 1.94. The van der Waals surface area contributed by atoms with Gasteiger partial charge in [0.15, 0.2) is 21.2 Å². The molecular weight excluding hydrogens is 569 g/mol. The summed E-state index contributed by atoms with van der Waals surface area (Å²) in [5.41, 5.74) is 1.81. The van der Waals surface area contributed by atoms with Crippen LogP contribution in [0, 0.1) is 15.4 Å². The molecule has 0 aliphatic heterocycles. The molecule has 3 atom stereocenters. The van der Waals surface area contributed by atoms with Crippen LogP contribution < -0.4 is 5.73 Å². The number of aromatic hydroxyl groups is 1. The lowest BCUT2D eigenvalue weighted by molar-refractivity contribution is -0.147. The Morgan fingerprint density at radius 3 is 2.45 bits per heavy atom. The van der Waals surface area contributed by atoms with E-state index in [2.05, 4.69) is 0 Å². The third-order valence-electron chi connectivity index (χ3n) is 6.51. The van der Waals surface area contributed by atoms with Crippen LogP contribution in [-0.4, -0.2) is 58.2 Å². The van der Waals surface area contributed by atoms with E-state index in [1.807, 2.05) is 22.6 Å². The van der Waals surface area contributed by atoms with Crippen molar-refractivity contribution in [2.75, 3.05) is 6.26 Å². The van der Waals surface area contributed by atoms with E-state index in [4.69, 9.17) is 5.73 Å². The number of aliphatic hydroxyl groups is 3. The number of phenols is 1. The molecule has 12 heteroatoms. The van der Waals surface area contributed by atoms with Crippen LogP contribution in [0.5, 0.6) is 5.75 Å². The topological polar surface area (TPSA) is 192 Å². The molecule has 1 aromatic rings. The molecule has 176 valence electrons.